The van der Waals surface area contributed by atoms with Gasteiger partial charge in [0.1, 0.15) is 23.0 Å². The minimum atomic E-state index is -1.18. The summed E-state index contributed by atoms with van der Waals surface area (Å²) in [5, 5.41) is 28.6. The van der Waals surface area contributed by atoms with Crippen LogP contribution in [0.5, 0.6) is 6.01 Å². The normalized spacial score (nSPS) is 31.6. The van der Waals surface area contributed by atoms with Crippen molar-refractivity contribution in [3.8, 4) is 6.01 Å². The second-order valence-corrected chi connectivity index (χ2v) is 4.31. The quantitative estimate of drug-likeness (QED) is 0.623. The maximum absolute atomic E-state index is 9.89. The summed E-state index contributed by atoms with van der Waals surface area (Å²) >= 11 is 4.90. The Morgan fingerprint density at radius 2 is 2.22 bits per heavy atom. The molecule has 4 atom stereocenters. The van der Waals surface area contributed by atoms with E-state index in [0.717, 1.165) is 0 Å². The van der Waals surface area contributed by atoms with Crippen LogP contribution in [0, 0.1) is 4.64 Å². The van der Waals surface area contributed by atoms with E-state index >= 15 is 0 Å². The minimum Gasteiger partial charge on any atom is -0.468 e. The number of nitrogens with zero attached hydrogens (tertiary/aromatic N) is 2. The van der Waals surface area contributed by atoms with Gasteiger partial charge in [0.15, 0.2) is 6.23 Å². The molecular weight excluding hydrogens is 260 g/mol. The van der Waals surface area contributed by atoms with Gasteiger partial charge in [-0.05, 0) is 6.07 Å². The van der Waals surface area contributed by atoms with Crippen molar-refractivity contribution in [3.63, 3.8) is 0 Å². The first kappa shape index (κ1) is 13.4. The van der Waals surface area contributed by atoms with E-state index in [0.29, 0.717) is 4.64 Å². The van der Waals surface area contributed by atoms with E-state index in [1.807, 2.05) is 0 Å². The molecule has 1 saturated heterocycles. The summed E-state index contributed by atoms with van der Waals surface area (Å²) in [6, 6.07) is 1.71. The third-order valence-corrected chi connectivity index (χ3v) is 3.01. The van der Waals surface area contributed by atoms with Crippen LogP contribution in [-0.2, 0) is 4.74 Å². The summed E-state index contributed by atoms with van der Waals surface area (Å²) in [4.78, 5) is 3.97. The molecule has 0 unspecified atom stereocenters. The predicted molar refractivity (Wildman–Crippen MR) is 62.6 cm³/mol. The fourth-order valence-electron chi connectivity index (χ4n) is 1.85. The number of hydrogen-bond donors (Lipinski definition) is 3. The molecule has 2 rings (SSSR count). The van der Waals surface area contributed by atoms with E-state index in [4.69, 9.17) is 26.8 Å². The molecule has 0 aliphatic carbocycles. The number of aliphatic hydroxyl groups is 3. The molecule has 7 nitrogen and oxygen atoms in total. The lowest BCUT2D eigenvalue weighted by Gasteiger charge is -2.20. The van der Waals surface area contributed by atoms with Crippen LogP contribution in [0.15, 0.2) is 12.3 Å². The fraction of sp³-hybridized carbons (Fsp3) is 0.600. The molecule has 3 N–H and O–H groups in total. The van der Waals surface area contributed by atoms with Gasteiger partial charge in [0, 0.05) is 6.20 Å². The van der Waals surface area contributed by atoms with Crippen molar-refractivity contribution in [2.24, 2.45) is 0 Å². The highest BCUT2D eigenvalue weighted by atomic mass is 32.1. The Bertz CT molecular complexity index is 480. The van der Waals surface area contributed by atoms with Crippen LogP contribution in [0.25, 0.3) is 0 Å². The van der Waals surface area contributed by atoms with Crippen LogP contribution in [0.3, 0.4) is 0 Å². The number of aromatic nitrogens is 2. The van der Waals surface area contributed by atoms with Gasteiger partial charge in [-0.2, -0.15) is 4.98 Å². The van der Waals surface area contributed by atoms with Gasteiger partial charge in [-0.3, -0.25) is 4.57 Å². The molecule has 18 heavy (non-hydrogen) atoms. The van der Waals surface area contributed by atoms with Gasteiger partial charge in [-0.25, -0.2) is 0 Å². The molecule has 8 heteroatoms. The van der Waals surface area contributed by atoms with Crippen molar-refractivity contribution in [2.45, 2.75) is 24.5 Å². The maximum Gasteiger partial charge on any atom is 0.299 e. The lowest BCUT2D eigenvalue weighted by molar-refractivity contribution is -0.0564. The Labute approximate surface area is 108 Å². The van der Waals surface area contributed by atoms with E-state index in [9.17, 15) is 10.2 Å². The van der Waals surface area contributed by atoms with Gasteiger partial charge < -0.3 is 24.8 Å². The Morgan fingerprint density at radius 1 is 1.50 bits per heavy atom. The molecule has 0 aromatic carbocycles. The predicted octanol–water partition coefficient (Wildman–Crippen LogP) is -0.767. The van der Waals surface area contributed by atoms with E-state index in [-0.39, 0.29) is 12.6 Å². The van der Waals surface area contributed by atoms with Crippen molar-refractivity contribution in [1.29, 1.82) is 0 Å². The van der Waals surface area contributed by atoms with Crippen LogP contribution >= 0.6 is 12.2 Å². The highest BCUT2D eigenvalue weighted by Crippen LogP contribution is 2.31. The molecule has 1 aromatic rings. The first-order valence-electron chi connectivity index (χ1n) is 5.34. The Morgan fingerprint density at radius 3 is 2.78 bits per heavy atom. The highest BCUT2D eigenvalue weighted by molar-refractivity contribution is 7.71. The zero-order valence-corrected chi connectivity index (χ0v) is 10.4. The summed E-state index contributed by atoms with van der Waals surface area (Å²) in [7, 11) is 1.41. The van der Waals surface area contributed by atoms with Gasteiger partial charge in [0.05, 0.1) is 13.7 Å². The van der Waals surface area contributed by atoms with E-state index in [2.05, 4.69) is 4.98 Å². The van der Waals surface area contributed by atoms with E-state index in [1.165, 1.54) is 11.7 Å². The molecule has 0 spiro atoms. The van der Waals surface area contributed by atoms with Gasteiger partial charge in [-0.1, -0.05) is 12.2 Å². The Kier molecular flexibility index (Phi) is 3.93. The molecule has 2 heterocycles. The van der Waals surface area contributed by atoms with Crippen molar-refractivity contribution in [2.75, 3.05) is 13.7 Å². The molecule has 0 saturated carbocycles. The van der Waals surface area contributed by atoms with Gasteiger partial charge in [-0.15, -0.1) is 0 Å². The first-order valence-corrected chi connectivity index (χ1v) is 5.75. The Balaban J connectivity index is 2.35. The number of rotatable bonds is 3. The number of methoxy groups -OCH3 is 1. The number of ether oxygens (including phenoxy) is 2. The summed E-state index contributed by atoms with van der Waals surface area (Å²) < 4.78 is 12.2. The SMILES string of the molecule is COc1nc(=S)ccn1[C@@H]1O[C@H](CO)[C@@H](O)[C@H]1O. The van der Waals surface area contributed by atoms with Crippen LogP contribution in [0.1, 0.15) is 6.23 Å². The fourth-order valence-corrected chi connectivity index (χ4v) is 1.99. The summed E-state index contributed by atoms with van der Waals surface area (Å²) in [6.07, 6.45) is -2.52. The smallest absolute Gasteiger partial charge is 0.299 e. The van der Waals surface area contributed by atoms with Gasteiger partial charge in [0.25, 0.3) is 6.01 Å². The summed E-state index contributed by atoms with van der Waals surface area (Å²) in [5.41, 5.74) is 0. The van der Waals surface area contributed by atoms with Crippen molar-refractivity contribution >= 4 is 12.2 Å². The Hall–Kier alpha value is -1.06. The zero-order chi connectivity index (χ0) is 13.3. The lowest BCUT2D eigenvalue weighted by Crippen LogP contribution is -2.33. The standard InChI is InChI=1S/C10H14N2O5S/c1-16-10-11-6(18)2-3-12(10)9-8(15)7(14)5(4-13)17-9/h2-3,5,7-9,13-15H,4H2,1H3/t5-,7-,8-,9-/m1/s1. The van der Waals surface area contributed by atoms with Crippen molar-refractivity contribution in [3.05, 3.63) is 16.9 Å². The first-order chi connectivity index (χ1) is 8.58. The molecular formula is C10H14N2O5S. The molecule has 1 fully saturated rings. The highest BCUT2D eigenvalue weighted by Gasteiger charge is 2.43. The van der Waals surface area contributed by atoms with Crippen LogP contribution in [0.2, 0.25) is 0 Å². The summed E-state index contributed by atoms with van der Waals surface area (Å²) in [5.74, 6) is 0. The number of hydrogen-bond acceptors (Lipinski definition) is 7. The maximum atomic E-state index is 9.89. The lowest BCUT2D eigenvalue weighted by atomic mass is 10.1. The van der Waals surface area contributed by atoms with Crippen molar-refractivity contribution < 1.29 is 24.8 Å². The van der Waals surface area contributed by atoms with Gasteiger partial charge >= 0.3 is 0 Å². The molecule has 1 aliphatic heterocycles. The van der Waals surface area contributed by atoms with E-state index < -0.39 is 24.5 Å². The number of aliphatic hydroxyl groups excluding tert-OH is 3. The molecule has 0 bridgehead atoms. The minimum absolute atomic E-state index is 0.164. The molecule has 1 aliphatic rings. The van der Waals surface area contributed by atoms with Crippen molar-refractivity contribution in [1.82, 2.24) is 9.55 Å². The third kappa shape index (κ3) is 2.25. The third-order valence-electron chi connectivity index (χ3n) is 2.78. The summed E-state index contributed by atoms with van der Waals surface area (Å²) in [6.45, 7) is -0.385. The second kappa shape index (κ2) is 5.29. The van der Waals surface area contributed by atoms with Crippen LogP contribution in [0.4, 0.5) is 0 Å². The second-order valence-electron chi connectivity index (χ2n) is 3.89. The molecule has 0 radical (unpaired) electrons. The van der Waals surface area contributed by atoms with Crippen LogP contribution in [-0.4, -0.2) is 56.9 Å². The molecule has 0 amide bonds. The van der Waals surface area contributed by atoms with Crippen LogP contribution < -0.4 is 4.74 Å². The van der Waals surface area contributed by atoms with Gasteiger partial charge in [0.2, 0.25) is 0 Å². The molecule has 100 valence electrons. The largest absolute Gasteiger partial charge is 0.468 e. The topological polar surface area (TPSA) is 97.0 Å². The molecule has 1 aromatic heterocycles. The zero-order valence-electron chi connectivity index (χ0n) is 9.63. The average Bonchev–Trinajstić information content (AvgIpc) is 2.66. The average molecular weight is 274 g/mol. The monoisotopic (exact) mass is 274 g/mol. The van der Waals surface area contributed by atoms with E-state index in [1.54, 1.807) is 12.3 Å².